The van der Waals surface area contributed by atoms with Crippen LogP contribution in [0.1, 0.15) is 21.6 Å². The molecule has 0 aliphatic carbocycles. The number of carbonyl (C=O) groups is 3. The van der Waals surface area contributed by atoms with Crippen LogP contribution in [0.4, 0.5) is 5.69 Å². The lowest BCUT2D eigenvalue weighted by molar-refractivity contribution is -0.141. The van der Waals surface area contributed by atoms with Crippen LogP contribution in [0, 0.1) is 6.92 Å². The van der Waals surface area contributed by atoms with Crippen molar-refractivity contribution >= 4 is 68.8 Å². The number of rotatable bonds is 5. The summed E-state index contributed by atoms with van der Waals surface area (Å²) >= 11 is 6.57. The number of thiocarbonyl (C=S) groups is 1. The van der Waals surface area contributed by atoms with Gasteiger partial charge in [0.15, 0.2) is 4.32 Å². The number of carboxylic acid groups (broad SMARTS) is 1. The Morgan fingerprint density at radius 3 is 2.66 bits per heavy atom. The van der Waals surface area contributed by atoms with Crippen LogP contribution in [-0.2, 0) is 20.9 Å². The predicted octanol–water partition coefficient (Wildman–Crippen LogP) is 4.23. The van der Waals surface area contributed by atoms with Crippen LogP contribution in [0.25, 0.3) is 17.0 Å². The maximum absolute atomic E-state index is 13.2. The molecule has 3 aromatic rings. The summed E-state index contributed by atoms with van der Waals surface area (Å²) in [5.41, 5.74) is 2.95. The van der Waals surface area contributed by atoms with E-state index in [0.717, 1.165) is 33.9 Å². The normalized spacial score (nSPS) is 15.1. The third-order valence-corrected chi connectivity index (χ3v) is 6.52. The summed E-state index contributed by atoms with van der Waals surface area (Å²) in [7, 11) is 1.34. The second-order valence-electron chi connectivity index (χ2n) is 7.05. The molecule has 1 aromatic heterocycles. The number of hydrogen-bond acceptors (Lipinski definition) is 6. The van der Waals surface area contributed by atoms with E-state index >= 15 is 0 Å². The van der Waals surface area contributed by atoms with Crippen molar-refractivity contribution < 1.29 is 24.2 Å². The number of fused-ring (bicyclic) bond motifs is 1. The van der Waals surface area contributed by atoms with Crippen molar-refractivity contribution in [2.75, 3.05) is 12.0 Å². The van der Waals surface area contributed by atoms with Crippen LogP contribution in [-0.4, -0.2) is 38.9 Å². The van der Waals surface area contributed by atoms with Crippen molar-refractivity contribution in [1.82, 2.24) is 4.57 Å². The Hall–Kier alpha value is -3.43. The summed E-state index contributed by atoms with van der Waals surface area (Å²) in [5, 5.41) is 10.2. The Balaban J connectivity index is 1.77. The van der Waals surface area contributed by atoms with Gasteiger partial charge in [-0.25, -0.2) is 4.79 Å². The fourth-order valence-electron chi connectivity index (χ4n) is 3.64. The van der Waals surface area contributed by atoms with Crippen molar-refractivity contribution in [3.05, 3.63) is 70.3 Å². The maximum Gasteiger partial charge on any atom is 0.335 e. The summed E-state index contributed by atoms with van der Waals surface area (Å²) in [6.07, 6.45) is 1.77. The van der Waals surface area contributed by atoms with Crippen LogP contribution in [0.2, 0.25) is 0 Å². The molecule has 2 aromatic carbocycles. The molecule has 2 heterocycles. The third kappa shape index (κ3) is 3.80. The molecule has 9 heteroatoms. The van der Waals surface area contributed by atoms with E-state index in [9.17, 15) is 19.5 Å². The number of anilines is 1. The third-order valence-electron chi connectivity index (χ3n) is 5.22. The molecular formula is C23H18N2O5S2. The number of hydrogen-bond donors (Lipinski definition) is 1. The minimum Gasteiger partial charge on any atom is -0.478 e. The van der Waals surface area contributed by atoms with Crippen molar-refractivity contribution in [2.45, 2.75) is 13.5 Å². The van der Waals surface area contributed by atoms with Gasteiger partial charge in [-0.1, -0.05) is 48.2 Å². The van der Waals surface area contributed by atoms with Crippen LogP contribution in [0.5, 0.6) is 0 Å². The summed E-state index contributed by atoms with van der Waals surface area (Å²) in [4.78, 5) is 38.2. The largest absolute Gasteiger partial charge is 0.478 e. The number of ether oxygens (including phenoxy) is 1. The zero-order valence-electron chi connectivity index (χ0n) is 17.2. The van der Waals surface area contributed by atoms with Crippen LogP contribution in [0.15, 0.2) is 53.4 Å². The smallest absolute Gasteiger partial charge is 0.335 e. The van der Waals surface area contributed by atoms with E-state index in [1.54, 1.807) is 18.2 Å². The van der Waals surface area contributed by atoms with E-state index in [2.05, 4.69) is 0 Å². The molecule has 0 radical (unpaired) electrons. The van der Waals surface area contributed by atoms with Crippen LogP contribution >= 0.6 is 24.0 Å². The van der Waals surface area contributed by atoms with Gasteiger partial charge in [-0.3, -0.25) is 14.5 Å². The average Bonchev–Trinajstić information content (AvgIpc) is 3.21. The highest BCUT2D eigenvalue weighted by molar-refractivity contribution is 8.27. The number of carboxylic acids is 1. The number of carbonyl (C=O) groups excluding carboxylic acids is 2. The van der Waals surface area contributed by atoms with Crippen molar-refractivity contribution in [1.29, 1.82) is 0 Å². The highest BCUT2D eigenvalue weighted by Crippen LogP contribution is 2.38. The Morgan fingerprint density at radius 1 is 1.19 bits per heavy atom. The highest BCUT2D eigenvalue weighted by Gasteiger charge is 2.34. The van der Waals surface area contributed by atoms with Gasteiger partial charge in [0.05, 0.1) is 23.3 Å². The fraction of sp³-hybridized carbons (Fsp3) is 0.130. The fourth-order valence-corrected chi connectivity index (χ4v) is 4.92. The van der Waals surface area contributed by atoms with Gasteiger partial charge in [0.25, 0.3) is 5.91 Å². The van der Waals surface area contributed by atoms with Gasteiger partial charge in [-0.05, 0) is 37.3 Å². The van der Waals surface area contributed by atoms with Crippen LogP contribution in [0.3, 0.4) is 0 Å². The minimum atomic E-state index is -1.08. The first-order valence-corrected chi connectivity index (χ1v) is 10.8. The zero-order valence-corrected chi connectivity index (χ0v) is 18.8. The van der Waals surface area contributed by atoms with Gasteiger partial charge in [0.2, 0.25) is 0 Å². The predicted molar refractivity (Wildman–Crippen MR) is 128 cm³/mol. The van der Waals surface area contributed by atoms with Crippen molar-refractivity contribution in [3.8, 4) is 0 Å². The number of benzene rings is 2. The molecule has 1 aliphatic heterocycles. The van der Waals surface area contributed by atoms with Gasteiger partial charge >= 0.3 is 11.9 Å². The zero-order chi connectivity index (χ0) is 23.0. The molecule has 0 bridgehead atoms. The van der Waals surface area contributed by atoms with E-state index < -0.39 is 5.97 Å². The minimum absolute atomic E-state index is 0.0552. The van der Waals surface area contributed by atoms with E-state index in [1.807, 2.05) is 35.8 Å². The molecule has 0 saturated carbocycles. The molecule has 1 amide bonds. The Kier molecular flexibility index (Phi) is 5.86. The molecule has 1 saturated heterocycles. The molecule has 32 heavy (non-hydrogen) atoms. The first kappa shape index (κ1) is 21.8. The van der Waals surface area contributed by atoms with Gasteiger partial charge in [0.1, 0.15) is 6.54 Å². The molecule has 162 valence electrons. The molecule has 7 nitrogen and oxygen atoms in total. The molecule has 0 spiro atoms. The van der Waals surface area contributed by atoms with Gasteiger partial charge in [0, 0.05) is 22.2 Å². The molecule has 0 unspecified atom stereocenters. The summed E-state index contributed by atoms with van der Waals surface area (Å²) < 4.78 is 6.99. The van der Waals surface area contributed by atoms with E-state index in [1.165, 1.54) is 24.1 Å². The number of amides is 1. The first-order valence-electron chi connectivity index (χ1n) is 9.57. The molecule has 1 fully saturated rings. The molecular weight excluding hydrogens is 448 g/mol. The van der Waals surface area contributed by atoms with Gasteiger partial charge in [-0.15, -0.1) is 0 Å². The second kappa shape index (κ2) is 8.60. The van der Waals surface area contributed by atoms with Crippen LogP contribution < -0.4 is 4.90 Å². The summed E-state index contributed by atoms with van der Waals surface area (Å²) in [6.45, 7) is 1.94. The van der Waals surface area contributed by atoms with Gasteiger partial charge in [-0.2, -0.15) is 0 Å². The molecule has 0 atom stereocenters. The number of aromatic carboxylic acids is 1. The highest BCUT2D eigenvalue weighted by atomic mass is 32.2. The molecule has 1 aliphatic rings. The number of methoxy groups -OCH3 is 1. The SMILES string of the molecule is COC(=O)Cn1c(C)c(/C=C2/SC(=S)N(c3cccc(C(=O)O)c3)C2=O)c2ccccc21. The Morgan fingerprint density at radius 2 is 1.94 bits per heavy atom. The first-order chi connectivity index (χ1) is 15.3. The van der Waals surface area contributed by atoms with Gasteiger partial charge < -0.3 is 14.4 Å². The number of para-hydroxylation sites is 1. The monoisotopic (exact) mass is 466 g/mol. The Labute approximate surface area is 193 Å². The lowest BCUT2D eigenvalue weighted by atomic mass is 10.1. The lowest BCUT2D eigenvalue weighted by Gasteiger charge is -2.14. The van der Waals surface area contributed by atoms with E-state index in [0.29, 0.717) is 14.9 Å². The molecule has 1 N–H and O–H groups in total. The maximum atomic E-state index is 13.2. The number of esters is 1. The standard InChI is InChI=1S/C23H18N2O5S2/c1-13-17(16-8-3-4-9-18(16)24(13)12-20(26)30-2)11-19-21(27)25(23(31)32-19)15-7-5-6-14(10-15)22(28)29/h3-11H,12H2,1-2H3,(H,28,29)/b19-11+. The Bertz CT molecular complexity index is 1330. The summed E-state index contributed by atoms with van der Waals surface area (Å²) in [5.74, 6) is -1.78. The second-order valence-corrected chi connectivity index (χ2v) is 8.73. The number of aromatic nitrogens is 1. The molecule has 4 rings (SSSR count). The summed E-state index contributed by atoms with van der Waals surface area (Å²) in [6, 6.07) is 13.7. The average molecular weight is 467 g/mol. The van der Waals surface area contributed by atoms with Crippen molar-refractivity contribution in [3.63, 3.8) is 0 Å². The van der Waals surface area contributed by atoms with E-state index in [4.69, 9.17) is 17.0 Å². The number of thioether (sulfide) groups is 1. The van der Waals surface area contributed by atoms with Crippen molar-refractivity contribution in [2.24, 2.45) is 0 Å². The quantitative estimate of drug-likeness (QED) is 0.342. The lowest BCUT2D eigenvalue weighted by Crippen LogP contribution is -2.27. The topological polar surface area (TPSA) is 88.8 Å². The van der Waals surface area contributed by atoms with E-state index in [-0.39, 0.29) is 24.0 Å². The number of nitrogens with zero attached hydrogens (tertiary/aromatic N) is 2.